The first-order chi connectivity index (χ1) is 9.22. The van der Waals surface area contributed by atoms with E-state index in [9.17, 15) is 4.79 Å². The molecule has 0 bridgehead atoms. The molecule has 0 radical (unpaired) electrons. The first-order valence-electron chi connectivity index (χ1n) is 6.12. The number of aromatic nitrogens is 4. The van der Waals surface area contributed by atoms with Gasteiger partial charge >= 0.3 is 0 Å². The van der Waals surface area contributed by atoms with Crippen molar-refractivity contribution in [3.63, 3.8) is 0 Å². The van der Waals surface area contributed by atoms with Crippen molar-refractivity contribution in [3.8, 4) is 0 Å². The van der Waals surface area contributed by atoms with Crippen LogP contribution in [0, 0.1) is 0 Å². The largest absolute Gasteiger partial charge is 0.348 e. The van der Waals surface area contributed by atoms with Crippen LogP contribution in [0.3, 0.4) is 0 Å². The molecule has 1 unspecified atom stereocenters. The fourth-order valence-electron chi connectivity index (χ4n) is 2.08. The van der Waals surface area contributed by atoms with Gasteiger partial charge in [-0.05, 0) is 35.3 Å². The number of hydrogen-bond donors (Lipinski definition) is 2. The molecule has 0 aromatic carbocycles. The molecule has 1 aliphatic rings. The number of hydrogen-bond acceptors (Lipinski definition) is 5. The lowest BCUT2D eigenvalue weighted by atomic mass is 10.2. The summed E-state index contributed by atoms with van der Waals surface area (Å²) in [6.07, 6.45) is 5.58. The van der Waals surface area contributed by atoms with Crippen LogP contribution in [-0.4, -0.2) is 44.6 Å². The Labute approximate surface area is 130 Å². The third kappa shape index (κ3) is 3.25. The molecule has 0 saturated carbocycles. The highest BCUT2D eigenvalue weighted by atomic mass is 79.9. The summed E-state index contributed by atoms with van der Waals surface area (Å²) in [6.45, 7) is 1.62. The maximum Gasteiger partial charge on any atom is 0.291 e. The van der Waals surface area contributed by atoms with Crippen molar-refractivity contribution in [1.29, 1.82) is 0 Å². The molecule has 1 saturated heterocycles. The predicted molar refractivity (Wildman–Crippen MR) is 79.1 cm³/mol. The molecule has 20 heavy (non-hydrogen) atoms. The number of rotatable bonds is 3. The van der Waals surface area contributed by atoms with E-state index in [4.69, 9.17) is 0 Å². The summed E-state index contributed by atoms with van der Waals surface area (Å²) >= 11 is 3.29. The topological polar surface area (TPSA) is 84.2 Å². The zero-order valence-corrected chi connectivity index (χ0v) is 12.9. The predicted octanol–water partition coefficient (Wildman–Crippen LogP) is 0.790. The van der Waals surface area contributed by atoms with Crippen molar-refractivity contribution in [3.05, 3.63) is 22.7 Å². The van der Waals surface area contributed by atoms with E-state index in [1.807, 2.05) is 0 Å². The summed E-state index contributed by atoms with van der Waals surface area (Å²) in [5, 5.41) is 10.3. The van der Waals surface area contributed by atoms with Gasteiger partial charge in [-0.2, -0.15) is 4.98 Å². The Bertz CT molecular complexity index is 612. The Hall–Kier alpha value is -1.25. The standard InChI is InChI=1S/C11H13BrN6O.ClH/c12-7-4-15-11-16-9(17-18(11)6-7)10(19)14-5-8-2-1-3-13-8;/h4,6,8,13H,1-3,5H2,(H,14,19);1H. The van der Waals surface area contributed by atoms with Crippen molar-refractivity contribution in [1.82, 2.24) is 30.2 Å². The van der Waals surface area contributed by atoms with E-state index in [0.717, 1.165) is 23.9 Å². The Kier molecular flexibility index (Phi) is 4.90. The van der Waals surface area contributed by atoms with Crippen LogP contribution in [0.4, 0.5) is 0 Å². The molecule has 2 aromatic rings. The lowest BCUT2D eigenvalue weighted by Crippen LogP contribution is -2.37. The smallest absolute Gasteiger partial charge is 0.291 e. The van der Waals surface area contributed by atoms with E-state index in [0.29, 0.717) is 18.4 Å². The molecule has 2 aromatic heterocycles. The molecule has 9 heteroatoms. The fraction of sp³-hybridized carbons (Fsp3) is 0.455. The first kappa shape index (κ1) is 15.1. The van der Waals surface area contributed by atoms with Crippen LogP contribution >= 0.6 is 28.3 Å². The second-order valence-electron chi connectivity index (χ2n) is 4.46. The van der Waals surface area contributed by atoms with Crippen LogP contribution in [-0.2, 0) is 0 Å². The minimum Gasteiger partial charge on any atom is -0.348 e. The average Bonchev–Trinajstić information content (AvgIpc) is 3.04. The quantitative estimate of drug-likeness (QED) is 0.844. The molecule has 2 N–H and O–H groups in total. The highest BCUT2D eigenvalue weighted by Crippen LogP contribution is 2.08. The van der Waals surface area contributed by atoms with E-state index < -0.39 is 0 Å². The minimum absolute atomic E-state index is 0. The van der Waals surface area contributed by atoms with Gasteiger partial charge in [0.2, 0.25) is 5.82 Å². The number of amides is 1. The van der Waals surface area contributed by atoms with Crippen LogP contribution in [0.2, 0.25) is 0 Å². The second-order valence-corrected chi connectivity index (χ2v) is 5.37. The molecule has 108 valence electrons. The van der Waals surface area contributed by atoms with Gasteiger partial charge in [0.15, 0.2) is 0 Å². The lowest BCUT2D eigenvalue weighted by Gasteiger charge is -2.09. The second kappa shape index (κ2) is 6.47. The van der Waals surface area contributed by atoms with Gasteiger partial charge in [-0.15, -0.1) is 17.5 Å². The number of carbonyl (C=O) groups is 1. The molecule has 1 amide bonds. The van der Waals surface area contributed by atoms with E-state index >= 15 is 0 Å². The molecule has 7 nitrogen and oxygen atoms in total. The molecular formula is C11H14BrClN6O. The number of fused-ring (bicyclic) bond motifs is 1. The number of nitrogens with zero attached hydrogens (tertiary/aromatic N) is 4. The number of carbonyl (C=O) groups excluding carboxylic acids is 1. The van der Waals surface area contributed by atoms with Crippen LogP contribution in [0.25, 0.3) is 5.78 Å². The lowest BCUT2D eigenvalue weighted by molar-refractivity contribution is 0.0940. The van der Waals surface area contributed by atoms with Crippen molar-refractivity contribution in [2.75, 3.05) is 13.1 Å². The summed E-state index contributed by atoms with van der Waals surface area (Å²) in [5.41, 5.74) is 0. The minimum atomic E-state index is -0.268. The molecule has 0 aliphatic carbocycles. The maximum absolute atomic E-state index is 11.9. The third-order valence-electron chi connectivity index (χ3n) is 3.04. The Morgan fingerprint density at radius 1 is 1.60 bits per heavy atom. The summed E-state index contributed by atoms with van der Waals surface area (Å²) in [5.74, 6) is 0.284. The number of nitrogens with one attached hydrogen (secondary N) is 2. The molecule has 1 atom stereocenters. The molecular weight excluding hydrogens is 348 g/mol. The van der Waals surface area contributed by atoms with E-state index in [-0.39, 0.29) is 24.1 Å². The normalized spacial score (nSPS) is 17.9. The molecule has 3 heterocycles. The summed E-state index contributed by atoms with van der Waals surface area (Å²) in [7, 11) is 0. The molecule has 3 rings (SSSR count). The Balaban J connectivity index is 0.00000147. The summed E-state index contributed by atoms with van der Waals surface area (Å²) in [4.78, 5) is 20.1. The number of halogens is 2. The van der Waals surface area contributed by atoms with Crippen LogP contribution in [0.15, 0.2) is 16.9 Å². The maximum atomic E-state index is 11.9. The van der Waals surface area contributed by atoms with E-state index in [1.165, 1.54) is 4.52 Å². The van der Waals surface area contributed by atoms with Crippen molar-refractivity contribution in [2.24, 2.45) is 0 Å². The van der Waals surface area contributed by atoms with Gasteiger partial charge in [0, 0.05) is 25.0 Å². The zero-order chi connectivity index (χ0) is 13.2. The van der Waals surface area contributed by atoms with Crippen molar-refractivity contribution >= 4 is 40.0 Å². The summed E-state index contributed by atoms with van der Waals surface area (Å²) in [6, 6.07) is 0.355. The Morgan fingerprint density at radius 3 is 3.20 bits per heavy atom. The summed E-state index contributed by atoms with van der Waals surface area (Å²) < 4.78 is 2.26. The first-order valence-corrected chi connectivity index (χ1v) is 6.91. The molecule has 1 aliphatic heterocycles. The third-order valence-corrected chi connectivity index (χ3v) is 3.45. The van der Waals surface area contributed by atoms with Crippen molar-refractivity contribution in [2.45, 2.75) is 18.9 Å². The van der Waals surface area contributed by atoms with Crippen molar-refractivity contribution < 1.29 is 4.79 Å². The molecule has 0 spiro atoms. The fourth-order valence-corrected chi connectivity index (χ4v) is 2.38. The SMILES string of the molecule is Cl.O=C(NCC1CCCN1)c1nc2ncc(Br)cn2n1. The van der Waals surface area contributed by atoms with Gasteiger partial charge in [0.05, 0.1) is 4.47 Å². The zero-order valence-electron chi connectivity index (χ0n) is 10.5. The van der Waals surface area contributed by atoms with Gasteiger partial charge in [0.1, 0.15) is 0 Å². The Morgan fingerprint density at radius 2 is 2.45 bits per heavy atom. The monoisotopic (exact) mass is 360 g/mol. The van der Waals surface area contributed by atoms with Gasteiger partial charge < -0.3 is 10.6 Å². The van der Waals surface area contributed by atoms with Gasteiger partial charge in [-0.25, -0.2) is 9.50 Å². The average molecular weight is 362 g/mol. The van der Waals surface area contributed by atoms with Crippen LogP contribution in [0.1, 0.15) is 23.5 Å². The van der Waals surface area contributed by atoms with E-state index in [2.05, 4.69) is 41.6 Å². The van der Waals surface area contributed by atoms with E-state index in [1.54, 1.807) is 12.4 Å². The highest BCUT2D eigenvalue weighted by Gasteiger charge is 2.17. The van der Waals surface area contributed by atoms with Gasteiger partial charge in [0.25, 0.3) is 11.7 Å². The highest BCUT2D eigenvalue weighted by molar-refractivity contribution is 9.10. The van der Waals surface area contributed by atoms with Gasteiger partial charge in [-0.1, -0.05) is 0 Å². The van der Waals surface area contributed by atoms with Crippen LogP contribution < -0.4 is 10.6 Å². The van der Waals surface area contributed by atoms with Gasteiger partial charge in [-0.3, -0.25) is 4.79 Å². The molecule has 1 fully saturated rings. The van der Waals surface area contributed by atoms with Crippen LogP contribution in [0.5, 0.6) is 0 Å².